The molecule has 0 aromatic rings. The number of nitrogens with two attached hydrogens (primary N) is 4. The molecular weight excluding hydrogens is 715 g/mol. The molecule has 0 heterocycles. The highest BCUT2D eigenvalue weighted by molar-refractivity contribution is 5.95. The van der Waals surface area contributed by atoms with Crippen LogP contribution in [0.15, 0.2) is 0 Å². The fraction of sp³-hybridized carbons (Fsp3) is 0.854. The predicted octanol–water partition coefficient (Wildman–Crippen LogP) is 3.20. The van der Waals surface area contributed by atoms with E-state index in [1.54, 1.807) is 0 Å². The van der Waals surface area contributed by atoms with E-state index >= 15 is 0 Å². The van der Waals surface area contributed by atoms with Crippen molar-refractivity contribution in [2.24, 2.45) is 22.9 Å². The van der Waals surface area contributed by atoms with Gasteiger partial charge < -0.3 is 49.5 Å². The summed E-state index contributed by atoms with van der Waals surface area (Å²) in [6, 6.07) is -4.15. The molecule has 326 valence electrons. The fourth-order valence-corrected chi connectivity index (χ4v) is 6.38. The predicted molar refractivity (Wildman–Crippen MR) is 224 cm³/mol. The first kappa shape index (κ1) is 52.7. The first-order valence-electron chi connectivity index (χ1n) is 21.9. The molecule has 6 amide bonds. The number of primary amides is 1. The molecule has 0 bridgehead atoms. The van der Waals surface area contributed by atoms with E-state index in [4.69, 9.17) is 22.9 Å². The lowest BCUT2D eigenvalue weighted by Gasteiger charge is -2.26. The average Bonchev–Trinajstić information content (AvgIpc) is 3.17. The van der Waals surface area contributed by atoms with E-state index in [1.807, 2.05) is 0 Å². The average molecular weight is 796 g/mol. The molecule has 15 heteroatoms. The molecule has 0 aromatic heterocycles. The smallest absolute Gasteiger partial charge is 0.245 e. The highest BCUT2D eigenvalue weighted by Gasteiger charge is 2.31. The second-order valence-electron chi connectivity index (χ2n) is 15.1. The molecule has 0 fully saturated rings. The lowest BCUT2D eigenvalue weighted by molar-refractivity contribution is -0.134. The maximum Gasteiger partial charge on any atom is 0.245 e. The van der Waals surface area contributed by atoms with Gasteiger partial charge >= 0.3 is 0 Å². The van der Waals surface area contributed by atoms with Gasteiger partial charge in [-0.05, 0) is 90.3 Å². The summed E-state index contributed by atoms with van der Waals surface area (Å²) in [7, 11) is 0. The van der Waals surface area contributed by atoms with E-state index in [0.29, 0.717) is 77.4 Å². The summed E-state index contributed by atoms with van der Waals surface area (Å²) in [6.45, 7) is 5.41. The Kier molecular flexibility index (Phi) is 33.9. The first-order valence-corrected chi connectivity index (χ1v) is 21.9. The molecular formula is C41H81N9O6. The van der Waals surface area contributed by atoms with Gasteiger partial charge in [0.05, 0.1) is 0 Å². The van der Waals surface area contributed by atoms with Gasteiger partial charge in [0.15, 0.2) is 0 Å². The maximum atomic E-state index is 13.8. The van der Waals surface area contributed by atoms with Crippen molar-refractivity contribution in [2.45, 2.75) is 199 Å². The van der Waals surface area contributed by atoms with Crippen LogP contribution in [0.25, 0.3) is 0 Å². The number of carbonyl (C=O) groups excluding carboxylic acids is 6. The van der Waals surface area contributed by atoms with Crippen molar-refractivity contribution in [2.75, 3.05) is 26.2 Å². The molecule has 0 saturated heterocycles. The molecule has 0 saturated carbocycles. The summed E-state index contributed by atoms with van der Waals surface area (Å²) in [5.74, 6) is -3.00. The van der Waals surface area contributed by atoms with Crippen LogP contribution < -0.4 is 49.5 Å². The van der Waals surface area contributed by atoms with Gasteiger partial charge in [-0.1, -0.05) is 90.9 Å². The Morgan fingerprint density at radius 1 is 0.411 bits per heavy atom. The van der Waals surface area contributed by atoms with Crippen LogP contribution in [0.4, 0.5) is 0 Å². The Labute approximate surface area is 337 Å². The van der Waals surface area contributed by atoms with Crippen molar-refractivity contribution < 1.29 is 28.8 Å². The van der Waals surface area contributed by atoms with Gasteiger partial charge in [-0.15, -0.1) is 0 Å². The maximum absolute atomic E-state index is 13.8. The van der Waals surface area contributed by atoms with E-state index in [-0.39, 0.29) is 37.6 Å². The zero-order valence-electron chi connectivity index (χ0n) is 35.1. The summed E-state index contributed by atoms with van der Waals surface area (Å²) < 4.78 is 0. The molecule has 0 aromatic carbocycles. The molecule has 0 spiro atoms. The number of amides is 6. The third-order valence-corrected chi connectivity index (χ3v) is 9.94. The number of unbranched alkanes of at least 4 members (excludes halogenated alkanes) is 15. The molecule has 0 rings (SSSR count). The molecule has 0 aliphatic carbocycles. The third kappa shape index (κ3) is 28.1. The molecule has 0 radical (unpaired) electrons. The number of carbonyl (C=O) groups is 6. The highest BCUT2D eigenvalue weighted by atomic mass is 16.2. The van der Waals surface area contributed by atoms with E-state index < -0.39 is 47.8 Å². The Balaban J connectivity index is 5.87. The highest BCUT2D eigenvalue weighted by Crippen LogP contribution is 2.11. The van der Waals surface area contributed by atoms with E-state index in [2.05, 4.69) is 40.4 Å². The minimum absolute atomic E-state index is 0.135. The van der Waals surface area contributed by atoms with Crippen molar-refractivity contribution in [1.82, 2.24) is 26.6 Å². The summed E-state index contributed by atoms with van der Waals surface area (Å²) >= 11 is 0. The monoisotopic (exact) mass is 796 g/mol. The number of rotatable bonds is 38. The Hall–Kier alpha value is -3.30. The normalized spacial score (nSPS) is 13.2. The minimum atomic E-state index is -1.12. The van der Waals surface area contributed by atoms with Crippen LogP contribution >= 0.6 is 0 Å². The van der Waals surface area contributed by atoms with Crippen LogP contribution in [0.3, 0.4) is 0 Å². The van der Waals surface area contributed by atoms with Crippen LogP contribution in [-0.2, 0) is 28.8 Å². The van der Waals surface area contributed by atoms with Crippen molar-refractivity contribution in [3.63, 3.8) is 0 Å². The third-order valence-electron chi connectivity index (χ3n) is 9.94. The van der Waals surface area contributed by atoms with Gasteiger partial charge in [-0.2, -0.15) is 0 Å². The van der Waals surface area contributed by atoms with Crippen molar-refractivity contribution in [3.05, 3.63) is 0 Å². The van der Waals surface area contributed by atoms with Gasteiger partial charge in [0.25, 0.3) is 0 Å². The minimum Gasteiger partial charge on any atom is -0.368 e. The summed E-state index contributed by atoms with van der Waals surface area (Å²) in [6.07, 6.45) is 19.5. The zero-order chi connectivity index (χ0) is 41.8. The largest absolute Gasteiger partial charge is 0.368 e. The van der Waals surface area contributed by atoms with Crippen LogP contribution in [0.2, 0.25) is 0 Å². The summed E-state index contributed by atoms with van der Waals surface area (Å²) in [5.41, 5.74) is 22.6. The Morgan fingerprint density at radius 3 is 1.18 bits per heavy atom. The second kappa shape index (κ2) is 36.1. The zero-order valence-corrected chi connectivity index (χ0v) is 35.1. The molecule has 4 atom stereocenters. The van der Waals surface area contributed by atoms with Crippen LogP contribution in [0.5, 0.6) is 0 Å². The molecule has 0 aliphatic rings. The van der Waals surface area contributed by atoms with Crippen molar-refractivity contribution >= 4 is 35.4 Å². The molecule has 15 nitrogen and oxygen atoms in total. The van der Waals surface area contributed by atoms with Gasteiger partial charge in [-0.25, -0.2) is 0 Å². The van der Waals surface area contributed by atoms with Gasteiger partial charge in [0, 0.05) is 19.4 Å². The standard InChI is InChI=1S/C41H81N9O6/c1-3-5-7-9-11-13-15-26-36(51)46-31-35(47-37(52)27-16-14-12-10-8-6-4-2)41(56)50-34(25-19-22-30-44)40(55)49-33(24-18-21-29-43)39(54)48-32(38(45)53)23-17-20-28-42/h32-35H,3-31,42-44H2,1-2H3,(H2,45,53)(H,46,51)(H,47,52)(H,48,54)(H,49,55)(H,50,56)/t32-,33-,34-,35?/m0/s1. The lowest BCUT2D eigenvalue weighted by Crippen LogP contribution is -2.59. The van der Waals surface area contributed by atoms with Crippen LogP contribution in [0, 0.1) is 0 Å². The van der Waals surface area contributed by atoms with Gasteiger partial charge in [-0.3, -0.25) is 28.8 Å². The van der Waals surface area contributed by atoms with Gasteiger partial charge in [0.1, 0.15) is 24.2 Å². The Bertz CT molecular complexity index is 1080. The van der Waals surface area contributed by atoms with Crippen LogP contribution in [0.1, 0.15) is 174 Å². The number of nitrogens with one attached hydrogen (secondary N) is 5. The summed E-state index contributed by atoms with van der Waals surface area (Å²) in [5, 5.41) is 13.8. The molecule has 1 unspecified atom stereocenters. The number of hydrogen-bond donors (Lipinski definition) is 9. The van der Waals surface area contributed by atoms with Crippen molar-refractivity contribution in [3.8, 4) is 0 Å². The van der Waals surface area contributed by atoms with E-state index in [0.717, 1.165) is 51.4 Å². The number of hydrogen-bond acceptors (Lipinski definition) is 9. The van der Waals surface area contributed by atoms with E-state index in [1.165, 1.54) is 32.1 Å². The second-order valence-corrected chi connectivity index (χ2v) is 15.1. The first-order chi connectivity index (χ1) is 27.0. The van der Waals surface area contributed by atoms with Crippen molar-refractivity contribution in [1.29, 1.82) is 0 Å². The molecule has 0 aliphatic heterocycles. The van der Waals surface area contributed by atoms with Gasteiger partial charge in [0.2, 0.25) is 35.4 Å². The summed E-state index contributed by atoms with van der Waals surface area (Å²) in [4.78, 5) is 79.1. The molecule has 56 heavy (non-hydrogen) atoms. The fourth-order valence-electron chi connectivity index (χ4n) is 6.38. The molecule has 13 N–H and O–H groups in total. The topological polar surface area (TPSA) is 267 Å². The van der Waals surface area contributed by atoms with E-state index in [9.17, 15) is 28.8 Å². The van der Waals surface area contributed by atoms with Crippen LogP contribution in [-0.4, -0.2) is 85.8 Å². The Morgan fingerprint density at radius 2 is 0.768 bits per heavy atom. The quantitative estimate of drug-likeness (QED) is 0.0415. The SMILES string of the molecule is CCCCCCCCCC(=O)NCC(NC(=O)CCCCCCCCC)C(=O)N[C@@H](CCCCN)C(=O)N[C@@H](CCCCN)C(=O)N[C@@H](CCCCN)C(N)=O. The lowest BCUT2D eigenvalue weighted by atomic mass is 10.0.